The second kappa shape index (κ2) is 12.7. The number of rotatable bonds is 12. The molecule has 0 rings (SSSR count). The highest BCUT2D eigenvalue weighted by atomic mass is 16.4. The van der Waals surface area contributed by atoms with E-state index in [2.05, 4.69) is 16.0 Å². The number of carboxylic acid groups (broad SMARTS) is 1. The van der Waals surface area contributed by atoms with E-state index in [1.165, 1.54) is 14.0 Å². The molecule has 10 heteroatoms. The van der Waals surface area contributed by atoms with E-state index in [0.29, 0.717) is 13.0 Å². The molecule has 0 radical (unpaired) electrons. The van der Waals surface area contributed by atoms with E-state index in [-0.39, 0.29) is 50.1 Å². The molecule has 10 nitrogen and oxygen atoms in total. The Balaban J connectivity index is 3.86. The fraction of sp³-hybridized carbons (Fsp3) is 0.688. The first-order valence-electron chi connectivity index (χ1n) is 8.47. The highest BCUT2D eigenvalue weighted by molar-refractivity contribution is 5.85. The van der Waals surface area contributed by atoms with Gasteiger partial charge in [0, 0.05) is 52.4 Å². The summed E-state index contributed by atoms with van der Waals surface area (Å²) in [6.07, 6.45) is 0.324. The molecule has 26 heavy (non-hydrogen) atoms. The fourth-order valence-electron chi connectivity index (χ4n) is 1.80. The number of amides is 4. The minimum Gasteiger partial charge on any atom is -0.480 e. The fourth-order valence-corrected chi connectivity index (χ4v) is 1.80. The molecule has 148 valence electrons. The molecule has 0 aromatic carbocycles. The summed E-state index contributed by atoms with van der Waals surface area (Å²) in [6, 6.07) is -0.941. The van der Waals surface area contributed by atoms with Crippen molar-refractivity contribution in [1.29, 1.82) is 0 Å². The molecule has 0 spiro atoms. The van der Waals surface area contributed by atoms with E-state index in [4.69, 9.17) is 5.11 Å². The monoisotopic (exact) mass is 372 g/mol. The van der Waals surface area contributed by atoms with Crippen molar-refractivity contribution in [1.82, 2.24) is 20.9 Å². The summed E-state index contributed by atoms with van der Waals surface area (Å²) in [5.74, 6) is -2.29. The molecule has 0 aromatic heterocycles. The molecule has 1 atom stereocenters. The van der Waals surface area contributed by atoms with Crippen LogP contribution < -0.4 is 16.0 Å². The zero-order valence-electron chi connectivity index (χ0n) is 15.5. The van der Waals surface area contributed by atoms with Crippen molar-refractivity contribution >= 4 is 29.6 Å². The van der Waals surface area contributed by atoms with E-state index in [1.807, 2.05) is 0 Å². The normalized spacial score (nSPS) is 11.2. The lowest BCUT2D eigenvalue weighted by atomic mass is 10.2. The van der Waals surface area contributed by atoms with Crippen LogP contribution >= 0.6 is 0 Å². The van der Waals surface area contributed by atoms with Gasteiger partial charge in [-0.15, -0.1) is 0 Å². The second-order valence-electron chi connectivity index (χ2n) is 5.67. The third kappa shape index (κ3) is 10.3. The Morgan fingerprint density at radius 3 is 1.77 bits per heavy atom. The van der Waals surface area contributed by atoms with Crippen LogP contribution in [-0.4, -0.2) is 72.3 Å². The van der Waals surface area contributed by atoms with Crippen LogP contribution in [0.1, 0.15) is 39.5 Å². The van der Waals surface area contributed by atoms with Crippen LogP contribution in [-0.2, 0) is 24.0 Å². The first-order valence-corrected chi connectivity index (χ1v) is 8.47. The maximum Gasteiger partial charge on any atom is 0.326 e. The highest BCUT2D eigenvalue weighted by Crippen LogP contribution is 1.99. The van der Waals surface area contributed by atoms with Crippen molar-refractivity contribution < 1.29 is 29.1 Å². The zero-order valence-corrected chi connectivity index (χ0v) is 15.5. The first kappa shape index (κ1) is 23.4. The van der Waals surface area contributed by atoms with Gasteiger partial charge >= 0.3 is 5.97 Å². The molecule has 0 heterocycles. The predicted molar refractivity (Wildman–Crippen MR) is 93.0 cm³/mol. The molecule has 0 aliphatic rings. The Bertz CT molecular complexity index is 523. The summed E-state index contributed by atoms with van der Waals surface area (Å²) in [5.41, 5.74) is 0. The Morgan fingerprint density at radius 2 is 1.31 bits per heavy atom. The van der Waals surface area contributed by atoms with Gasteiger partial charge in [0.1, 0.15) is 6.04 Å². The first-order chi connectivity index (χ1) is 12.2. The Hall–Kier alpha value is -2.65. The Kier molecular flexibility index (Phi) is 11.4. The largest absolute Gasteiger partial charge is 0.480 e. The highest BCUT2D eigenvalue weighted by Gasteiger charge is 2.21. The van der Waals surface area contributed by atoms with Crippen molar-refractivity contribution in [2.24, 2.45) is 0 Å². The molecule has 0 bridgehead atoms. The summed E-state index contributed by atoms with van der Waals surface area (Å²) in [4.78, 5) is 57.8. The molecule has 4 N–H and O–H groups in total. The standard InChI is InChI=1S/C16H28N4O6/c1-4-12(21)18-9-10-19-14(23)6-5-13(22)17-8-7-15(24)20(3)11(2)16(25)26/h11H,4-10H2,1-3H3,(H,17,22)(H,18,21)(H,19,23)(H,25,26). The second-order valence-corrected chi connectivity index (χ2v) is 5.67. The van der Waals surface area contributed by atoms with Gasteiger partial charge in [0.15, 0.2) is 0 Å². The van der Waals surface area contributed by atoms with Gasteiger partial charge in [-0.25, -0.2) is 4.79 Å². The van der Waals surface area contributed by atoms with Gasteiger partial charge in [-0.3, -0.25) is 19.2 Å². The van der Waals surface area contributed by atoms with Crippen molar-refractivity contribution in [2.75, 3.05) is 26.7 Å². The SMILES string of the molecule is CCC(=O)NCCNC(=O)CCC(=O)NCCC(=O)N(C)C(C)C(=O)O. The van der Waals surface area contributed by atoms with Crippen molar-refractivity contribution in [3.63, 3.8) is 0 Å². The molecule has 0 saturated heterocycles. The number of carbonyl (C=O) groups excluding carboxylic acids is 4. The summed E-state index contributed by atoms with van der Waals surface area (Å²) < 4.78 is 0. The number of hydrogen-bond donors (Lipinski definition) is 4. The van der Waals surface area contributed by atoms with E-state index < -0.39 is 17.9 Å². The molecule has 0 fully saturated rings. The summed E-state index contributed by atoms with van der Waals surface area (Å²) in [6.45, 7) is 3.80. The number of likely N-dealkylation sites (N-methyl/N-ethyl adjacent to an activating group) is 1. The molecule has 0 aromatic rings. The Morgan fingerprint density at radius 1 is 0.846 bits per heavy atom. The minimum absolute atomic E-state index is 0.00252. The maximum atomic E-state index is 11.8. The molecule has 0 aliphatic carbocycles. The van der Waals surface area contributed by atoms with Crippen LogP contribution in [0.3, 0.4) is 0 Å². The van der Waals surface area contributed by atoms with Gasteiger partial charge < -0.3 is 26.0 Å². The van der Waals surface area contributed by atoms with E-state index in [0.717, 1.165) is 4.90 Å². The average molecular weight is 372 g/mol. The van der Waals surface area contributed by atoms with Crippen LogP contribution in [0.25, 0.3) is 0 Å². The Labute approximate surface area is 152 Å². The van der Waals surface area contributed by atoms with Gasteiger partial charge in [-0.2, -0.15) is 0 Å². The molecule has 1 unspecified atom stereocenters. The quantitative estimate of drug-likeness (QED) is 0.318. The maximum absolute atomic E-state index is 11.8. The van der Waals surface area contributed by atoms with E-state index >= 15 is 0 Å². The number of hydrogen-bond acceptors (Lipinski definition) is 5. The number of aliphatic carboxylic acids is 1. The number of nitrogens with one attached hydrogen (secondary N) is 3. The number of carboxylic acids is 1. The molecular weight excluding hydrogens is 344 g/mol. The lowest BCUT2D eigenvalue weighted by molar-refractivity contribution is -0.148. The van der Waals surface area contributed by atoms with Crippen LogP contribution in [0.5, 0.6) is 0 Å². The summed E-state index contributed by atoms with van der Waals surface area (Å²) in [7, 11) is 1.39. The van der Waals surface area contributed by atoms with Gasteiger partial charge in [-0.1, -0.05) is 6.92 Å². The van der Waals surface area contributed by atoms with Gasteiger partial charge in [0.2, 0.25) is 23.6 Å². The third-order valence-corrected chi connectivity index (χ3v) is 3.66. The number of carbonyl (C=O) groups is 5. The topological polar surface area (TPSA) is 145 Å². The molecule has 0 saturated carbocycles. The van der Waals surface area contributed by atoms with Crippen molar-refractivity contribution in [2.45, 2.75) is 45.6 Å². The molecular formula is C16H28N4O6. The van der Waals surface area contributed by atoms with Crippen molar-refractivity contribution in [3.05, 3.63) is 0 Å². The van der Waals surface area contributed by atoms with E-state index in [1.54, 1.807) is 6.92 Å². The summed E-state index contributed by atoms with van der Waals surface area (Å²) in [5, 5.41) is 16.5. The predicted octanol–water partition coefficient (Wildman–Crippen LogP) is -1.15. The lowest BCUT2D eigenvalue weighted by Crippen LogP contribution is -2.41. The van der Waals surface area contributed by atoms with Crippen LogP contribution in [0.15, 0.2) is 0 Å². The van der Waals surface area contributed by atoms with Crippen LogP contribution in [0, 0.1) is 0 Å². The van der Waals surface area contributed by atoms with Crippen LogP contribution in [0.2, 0.25) is 0 Å². The van der Waals surface area contributed by atoms with Gasteiger partial charge in [0.25, 0.3) is 0 Å². The zero-order chi connectivity index (χ0) is 20.1. The third-order valence-electron chi connectivity index (χ3n) is 3.66. The van der Waals surface area contributed by atoms with Gasteiger partial charge in [0.05, 0.1) is 0 Å². The number of nitrogens with zero attached hydrogens (tertiary/aromatic N) is 1. The van der Waals surface area contributed by atoms with Gasteiger partial charge in [-0.05, 0) is 6.92 Å². The summed E-state index contributed by atoms with van der Waals surface area (Å²) >= 11 is 0. The van der Waals surface area contributed by atoms with E-state index in [9.17, 15) is 24.0 Å². The van der Waals surface area contributed by atoms with Crippen molar-refractivity contribution in [3.8, 4) is 0 Å². The minimum atomic E-state index is -1.11. The molecule has 4 amide bonds. The molecule has 0 aliphatic heterocycles. The smallest absolute Gasteiger partial charge is 0.326 e. The average Bonchev–Trinajstić information content (AvgIpc) is 2.61. The lowest BCUT2D eigenvalue weighted by Gasteiger charge is -2.21. The van der Waals surface area contributed by atoms with Crippen LogP contribution in [0.4, 0.5) is 0 Å².